The molecular weight excluding hydrogens is 224 g/mol. The zero-order valence-corrected chi connectivity index (χ0v) is 11.2. The molecule has 1 aromatic rings. The third kappa shape index (κ3) is 3.31. The largest absolute Gasteiger partial charge is 0.384 e. The molecule has 1 aliphatic heterocycles. The van der Waals surface area contributed by atoms with E-state index in [0.717, 1.165) is 32.7 Å². The molecular formula is C15H24N2O. The summed E-state index contributed by atoms with van der Waals surface area (Å²) in [6.45, 7) is 3.91. The molecule has 100 valence electrons. The predicted octanol–water partition coefficient (Wildman–Crippen LogP) is 2.04. The fourth-order valence-electron chi connectivity index (χ4n) is 2.91. The first kappa shape index (κ1) is 13.5. The molecule has 2 N–H and O–H groups in total. The Kier molecular flexibility index (Phi) is 5.17. The van der Waals surface area contributed by atoms with Gasteiger partial charge in [0.2, 0.25) is 0 Å². The number of nitrogens with zero attached hydrogens (tertiary/aromatic N) is 1. The van der Waals surface area contributed by atoms with Crippen LogP contribution < -0.4 is 5.73 Å². The highest BCUT2D eigenvalue weighted by atomic mass is 16.5. The second kappa shape index (κ2) is 6.88. The molecule has 1 saturated heterocycles. The Labute approximate surface area is 110 Å². The van der Waals surface area contributed by atoms with Crippen molar-refractivity contribution in [1.82, 2.24) is 4.90 Å². The van der Waals surface area contributed by atoms with Crippen LogP contribution in [0.4, 0.5) is 0 Å². The Morgan fingerprint density at radius 2 is 2.17 bits per heavy atom. The smallest absolute Gasteiger partial charge is 0.0503 e. The average Bonchev–Trinajstić information content (AvgIpc) is 2.86. The standard InChI is InChI=1S/C15H24N2O/c1-18-12-13-8-10-17(11-13)15(7-9-16)14-5-3-2-4-6-14/h2-6,13,15H,7-12,16H2,1H3. The highest BCUT2D eigenvalue weighted by Gasteiger charge is 2.28. The van der Waals surface area contributed by atoms with Crippen molar-refractivity contribution in [2.75, 3.05) is 33.4 Å². The van der Waals surface area contributed by atoms with Gasteiger partial charge in [0.05, 0.1) is 6.61 Å². The van der Waals surface area contributed by atoms with E-state index in [2.05, 4.69) is 35.2 Å². The van der Waals surface area contributed by atoms with Crippen molar-refractivity contribution in [2.24, 2.45) is 11.7 Å². The molecule has 2 atom stereocenters. The number of hydrogen-bond donors (Lipinski definition) is 1. The van der Waals surface area contributed by atoms with Crippen LogP contribution in [0, 0.1) is 5.92 Å². The lowest BCUT2D eigenvalue weighted by molar-refractivity contribution is 0.145. The van der Waals surface area contributed by atoms with Crippen molar-refractivity contribution in [3.05, 3.63) is 35.9 Å². The molecule has 0 radical (unpaired) electrons. The normalized spacial score (nSPS) is 22.2. The van der Waals surface area contributed by atoms with E-state index >= 15 is 0 Å². The van der Waals surface area contributed by atoms with Crippen LogP contribution in [-0.4, -0.2) is 38.3 Å². The van der Waals surface area contributed by atoms with E-state index in [1.807, 2.05) is 0 Å². The number of ether oxygens (including phenoxy) is 1. The lowest BCUT2D eigenvalue weighted by Crippen LogP contribution is -2.29. The van der Waals surface area contributed by atoms with Crippen LogP contribution in [0.5, 0.6) is 0 Å². The molecule has 0 saturated carbocycles. The van der Waals surface area contributed by atoms with Gasteiger partial charge in [0.15, 0.2) is 0 Å². The number of rotatable bonds is 6. The highest BCUT2D eigenvalue weighted by Crippen LogP contribution is 2.29. The Balaban J connectivity index is 2.03. The molecule has 2 rings (SSSR count). The van der Waals surface area contributed by atoms with Crippen molar-refractivity contribution in [1.29, 1.82) is 0 Å². The number of likely N-dealkylation sites (tertiary alicyclic amines) is 1. The fourth-order valence-corrected chi connectivity index (χ4v) is 2.91. The van der Waals surface area contributed by atoms with Gasteiger partial charge in [-0.15, -0.1) is 0 Å². The van der Waals surface area contributed by atoms with E-state index in [1.165, 1.54) is 12.0 Å². The first-order chi connectivity index (χ1) is 8.85. The molecule has 1 aromatic carbocycles. The summed E-state index contributed by atoms with van der Waals surface area (Å²) >= 11 is 0. The quantitative estimate of drug-likeness (QED) is 0.837. The van der Waals surface area contributed by atoms with Gasteiger partial charge in [-0.2, -0.15) is 0 Å². The van der Waals surface area contributed by atoms with Crippen molar-refractivity contribution in [3.63, 3.8) is 0 Å². The number of methoxy groups -OCH3 is 1. The van der Waals surface area contributed by atoms with Gasteiger partial charge < -0.3 is 10.5 Å². The summed E-state index contributed by atoms with van der Waals surface area (Å²) in [6.07, 6.45) is 2.27. The molecule has 0 aliphatic carbocycles. The number of nitrogens with two attached hydrogens (primary N) is 1. The molecule has 18 heavy (non-hydrogen) atoms. The monoisotopic (exact) mass is 248 g/mol. The highest BCUT2D eigenvalue weighted by molar-refractivity contribution is 5.19. The number of benzene rings is 1. The van der Waals surface area contributed by atoms with Crippen LogP contribution >= 0.6 is 0 Å². The first-order valence-corrected chi connectivity index (χ1v) is 6.83. The minimum absolute atomic E-state index is 0.470. The Morgan fingerprint density at radius 1 is 1.39 bits per heavy atom. The summed E-state index contributed by atoms with van der Waals surface area (Å²) in [4.78, 5) is 2.56. The maximum Gasteiger partial charge on any atom is 0.0503 e. The minimum Gasteiger partial charge on any atom is -0.384 e. The SMILES string of the molecule is COCC1CCN(C(CCN)c2ccccc2)C1. The second-order valence-electron chi connectivity index (χ2n) is 5.11. The summed E-state index contributed by atoms with van der Waals surface area (Å²) in [5.41, 5.74) is 7.17. The second-order valence-corrected chi connectivity index (χ2v) is 5.11. The van der Waals surface area contributed by atoms with Gasteiger partial charge in [-0.3, -0.25) is 4.90 Å². The zero-order valence-electron chi connectivity index (χ0n) is 11.2. The first-order valence-electron chi connectivity index (χ1n) is 6.83. The molecule has 0 bridgehead atoms. The van der Waals surface area contributed by atoms with E-state index < -0.39 is 0 Å². The molecule has 3 nitrogen and oxygen atoms in total. The Hall–Kier alpha value is -0.900. The molecule has 1 heterocycles. The van der Waals surface area contributed by atoms with E-state index in [-0.39, 0.29) is 0 Å². The Bertz CT molecular complexity index is 342. The molecule has 0 spiro atoms. The van der Waals surface area contributed by atoms with Gasteiger partial charge >= 0.3 is 0 Å². The third-order valence-corrected chi connectivity index (χ3v) is 3.78. The summed E-state index contributed by atoms with van der Waals surface area (Å²) in [6, 6.07) is 11.2. The topological polar surface area (TPSA) is 38.5 Å². The van der Waals surface area contributed by atoms with Gasteiger partial charge in [-0.1, -0.05) is 30.3 Å². The maximum absolute atomic E-state index is 5.78. The van der Waals surface area contributed by atoms with Gasteiger partial charge in [0.25, 0.3) is 0 Å². The van der Waals surface area contributed by atoms with E-state index in [9.17, 15) is 0 Å². The third-order valence-electron chi connectivity index (χ3n) is 3.78. The molecule has 1 fully saturated rings. The zero-order chi connectivity index (χ0) is 12.8. The van der Waals surface area contributed by atoms with Gasteiger partial charge in [-0.25, -0.2) is 0 Å². The maximum atomic E-state index is 5.78. The van der Waals surface area contributed by atoms with E-state index in [1.54, 1.807) is 7.11 Å². The van der Waals surface area contributed by atoms with Gasteiger partial charge in [0.1, 0.15) is 0 Å². The van der Waals surface area contributed by atoms with Crippen LogP contribution in [0.25, 0.3) is 0 Å². The summed E-state index contributed by atoms with van der Waals surface area (Å²) < 4.78 is 5.27. The summed E-state index contributed by atoms with van der Waals surface area (Å²) in [5, 5.41) is 0. The van der Waals surface area contributed by atoms with Gasteiger partial charge in [-0.05, 0) is 37.4 Å². The Morgan fingerprint density at radius 3 is 2.83 bits per heavy atom. The van der Waals surface area contributed by atoms with E-state index in [4.69, 9.17) is 10.5 Å². The minimum atomic E-state index is 0.470. The van der Waals surface area contributed by atoms with Crippen LogP contribution in [0.3, 0.4) is 0 Å². The van der Waals surface area contributed by atoms with E-state index in [0.29, 0.717) is 12.0 Å². The summed E-state index contributed by atoms with van der Waals surface area (Å²) in [7, 11) is 1.79. The lowest BCUT2D eigenvalue weighted by Gasteiger charge is -2.28. The van der Waals surface area contributed by atoms with Crippen molar-refractivity contribution in [3.8, 4) is 0 Å². The predicted molar refractivity (Wildman–Crippen MR) is 74.4 cm³/mol. The van der Waals surface area contributed by atoms with Crippen LogP contribution in [0.2, 0.25) is 0 Å². The number of hydrogen-bond acceptors (Lipinski definition) is 3. The van der Waals surface area contributed by atoms with Crippen LogP contribution in [0.1, 0.15) is 24.4 Å². The molecule has 3 heteroatoms. The van der Waals surface area contributed by atoms with Crippen molar-refractivity contribution >= 4 is 0 Å². The van der Waals surface area contributed by atoms with Crippen molar-refractivity contribution < 1.29 is 4.74 Å². The lowest BCUT2D eigenvalue weighted by atomic mass is 10.0. The molecule has 2 unspecified atom stereocenters. The molecule has 1 aliphatic rings. The molecule has 0 aromatic heterocycles. The van der Waals surface area contributed by atoms with Crippen LogP contribution in [0.15, 0.2) is 30.3 Å². The molecule has 0 amide bonds. The van der Waals surface area contributed by atoms with Gasteiger partial charge in [0, 0.05) is 19.7 Å². The summed E-state index contributed by atoms with van der Waals surface area (Å²) in [5.74, 6) is 0.680. The fraction of sp³-hybridized carbons (Fsp3) is 0.600. The van der Waals surface area contributed by atoms with Crippen LogP contribution in [-0.2, 0) is 4.74 Å². The average molecular weight is 248 g/mol. The van der Waals surface area contributed by atoms with Crippen molar-refractivity contribution in [2.45, 2.75) is 18.9 Å².